The minimum Gasteiger partial charge on any atom is -0.370 e. The Balaban J connectivity index is 2.11. The highest BCUT2D eigenvalue weighted by atomic mass is 15.1. The van der Waals surface area contributed by atoms with E-state index in [2.05, 4.69) is 49.4 Å². The van der Waals surface area contributed by atoms with E-state index in [0.29, 0.717) is 6.04 Å². The summed E-state index contributed by atoms with van der Waals surface area (Å²) in [5.74, 6) is 4.44. The smallest absolute Gasteiger partial charge is 0.133 e. The molecule has 2 N–H and O–H groups in total. The van der Waals surface area contributed by atoms with Crippen molar-refractivity contribution in [3.8, 4) is 0 Å². The van der Waals surface area contributed by atoms with E-state index in [1.54, 1.807) is 0 Å². The monoisotopic (exact) mass is 290 g/mol. The van der Waals surface area contributed by atoms with Crippen molar-refractivity contribution >= 4 is 11.6 Å². The number of nitrogens with zero attached hydrogens (tertiary/aromatic N) is 2. The second kappa shape index (κ2) is 7.62. The molecule has 0 radical (unpaired) electrons. The highest BCUT2D eigenvalue weighted by Crippen LogP contribution is 2.35. The van der Waals surface area contributed by atoms with Crippen LogP contribution in [0, 0.1) is 11.8 Å². The second-order valence-electron chi connectivity index (χ2n) is 6.19. The minimum absolute atomic E-state index is 0.550. The zero-order chi connectivity index (χ0) is 15.2. The van der Waals surface area contributed by atoms with Gasteiger partial charge in [-0.1, -0.05) is 27.2 Å². The molecular weight excluding hydrogens is 260 g/mol. The lowest BCUT2D eigenvalue weighted by Gasteiger charge is -2.22. The van der Waals surface area contributed by atoms with E-state index in [9.17, 15) is 0 Å². The van der Waals surface area contributed by atoms with Crippen LogP contribution in [0.25, 0.3) is 0 Å². The Hall–Kier alpha value is -1.32. The van der Waals surface area contributed by atoms with E-state index in [1.165, 1.54) is 19.3 Å². The maximum absolute atomic E-state index is 4.69. The van der Waals surface area contributed by atoms with Gasteiger partial charge in [0, 0.05) is 25.1 Å². The van der Waals surface area contributed by atoms with Crippen LogP contribution in [0.1, 0.15) is 59.2 Å². The molecule has 3 atom stereocenters. The molecule has 1 aliphatic carbocycles. The number of rotatable bonds is 7. The molecule has 4 nitrogen and oxygen atoms in total. The van der Waals surface area contributed by atoms with Gasteiger partial charge in [-0.25, -0.2) is 9.97 Å². The maximum atomic E-state index is 4.69. The van der Waals surface area contributed by atoms with Gasteiger partial charge in [-0.05, 0) is 38.0 Å². The van der Waals surface area contributed by atoms with E-state index >= 15 is 0 Å². The van der Waals surface area contributed by atoms with Gasteiger partial charge in [0.25, 0.3) is 0 Å². The molecule has 1 aliphatic rings. The molecular formula is C17H30N4. The highest BCUT2D eigenvalue weighted by Gasteiger charge is 2.31. The van der Waals surface area contributed by atoms with Crippen LogP contribution in [0.4, 0.5) is 11.6 Å². The van der Waals surface area contributed by atoms with Crippen LogP contribution >= 0.6 is 0 Å². The first-order chi connectivity index (χ1) is 10.2. The molecule has 1 aromatic heterocycles. The third-order valence-corrected chi connectivity index (χ3v) is 4.69. The van der Waals surface area contributed by atoms with Crippen LogP contribution in [0.15, 0.2) is 6.07 Å². The molecule has 3 unspecified atom stereocenters. The van der Waals surface area contributed by atoms with Crippen molar-refractivity contribution in [2.75, 3.05) is 17.2 Å². The highest BCUT2D eigenvalue weighted by molar-refractivity contribution is 5.48. The predicted octanol–water partition coefficient (Wildman–Crippen LogP) is 4.10. The molecule has 2 rings (SSSR count). The number of hydrogen-bond acceptors (Lipinski definition) is 4. The molecule has 0 spiro atoms. The molecule has 21 heavy (non-hydrogen) atoms. The van der Waals surface area contributed by atoms with E-state index < -0.39 is 0 Å². The lowest BCUT2D eigenvalue weighted by Crippen LogP contribution is -2.25. The van der Waals surface area contributed by atoms with Gasteiger partial charge in [0.2, 0.25) is 0 Å². The zero-order valence-corrected chi connectivity index (χ0v) is 13.9. The fraction of sp³-hybridized carbons (Fsp3) is 0.765. The number of aryl methyl sites for hydroxylation is 1. The predicted molar refractivity (Wildman–Crippen MR) is 89.8 cm³/mol. The summed E-state index contributed by atoms with van der Waals surface area (Å²) in [6.07, 6.45) is 5.89. The van der Waals surface area contributed by atoms with Gasteiger partial charge < -0.3 is 10.6 Å². The number of aromatic nitrogens is 2. The summed E-state index contributed by atoms with van der Waals surface area (Å²) in [4.78, 5) is 9.27. The number of nitrogens with one attached hydrogen (secondary N) is 2. The molecule has 0 amide bonds. The minimum atomic E-state index is 0.550. The van der Waals surface area contributed by atoms with Gasteiger partial charge in [0.05, 0.1) is 0 Å². The lowest BCUT2D eigenvalue weighted by molar-refractivity contribution is 0.391. The van der Waals surface area contributed by atoms with Gasteiger partial charge in [-0.3, -0.25) is 0 Å². The summed E-state index contributed by atoms with van der Waals surface area (Å²) >= 11 is 0. The molecule has 0 bridgehead atoms. The summed E-state index contributed by atoms with van der Waals surface area (Å²) in [5.41, 5.74) is 0. The van der Waals surface area contributed by atoms with E-state index in [-0.39, 0.29) is 0 Å². The maximum Gasteiger partial charge on any atom is 0.133 e. The Morgan fingerprint density at radius 3 is 2.52 bits per heavy atom. The van der Waals surface area contributed by atoms with Crippen LogP contribution in [0.2, 0.25) is 0 Å². The molecule has 0 aliphatic heterocycles. The fourth-order valence-corrected chi connectivity index (χ4v) is 3.40. The van der Waals surface area contributed by atoms with Crippen molar-refractivity contribution in [1.82, 2.24) is 9.97 Å². The van der Waals surface area contributed by atoms with Crippen LogP contribution in [-0.2, 0) is 6.42 Å². The van der Waals surface area contributed by atoms with Crippen molar-refractivity contribution in [3.63, 3.8) is 0 Å². The Bertz CT molecular complexity index is 422. The standard InChI is InChI=1S/C17H30N4/c1-5-8-15-20-16(18-7-3)11-17(21-15)19-14-10-9-13(6-2)12(14)4/h11-14H,5-10H2,1-4H3,(H2,18,19,20,21). The van der Waals surface area contributed by atoms with Crippen molar-refractivity contribution in [3.05, 3.63) is 11.9 Å². The topological polar surface area (TPSA) is 49.8 Å². The Kier molecular flexibility index (Phi) is 5.83. The Morgan fingerprint density at radius 2 is 1.90 bits per heavy atom. The molecule has 118 valence electrons. The van der Waals surface area contributed by atoms with Gasteiger partial charge >= 0.3 is 0 Å². The van der Waals surface area contributed by atoms with Gasteiger partial charge in [0.15, 0.2) is 0 Å². The average molecular weight is 290 g/mol. The molecule has 0 aromatic carbocycles. The fourth-order valence-electron chi connectivity index (χ4n) is 3.40. The van der Waals surface area contributed by atoms with E-state index in [1.807, 2.05) is 0 Å². The number of anilines is 2. The molecule has 0 saturated heterocycles. The zero-order valence-electron chi connectivity index (χ0n) is 13.9. The first kappa shape index (κ1) is 16.1. The van der Waals surface area contributed by atoms with Crippen LogP contribution < -0.4 is 10.6 Å². The molecule has 1 saturated carbocycles. The molecule has 4 heteroatoms. The molecule has 1 fully saturated rings. The summed E-state index contributed by atoms with van der Waals surface area (Å²) in [6, 6.07) is 2.60. The van der Waals surface area contributed by atoms with E-state index in [4.69, 9.17) is 4.98 Å². The number of hydrogen-bond donors (Lipinski definition) is 2. The first-order valence-corrected chi connectivity index (χ1v) is 8.56. The van der Waals surface area contributed by atoms with Crippen molar-refractivity contribution in [2.45, 2.75) is 65.8 Å². The summed E-state index contributed by atoms with van der Waals surface area (Å²) in [7, 11) is 0. The third-order valence-electron chi connectivity index (χ3n) is 4.69. The first-order valence-electron chi connectivity index (χ1n) is 8.56. The molecule has 1 heterocycles. The van der Waals surface area contributed by atoms with Crippen molar-refractivity contribution in [2.24, 2.45) is 11.8 Å². The van der Waals surface area contributed by atoms with Gasteiger partial charge in [-0.15, -0.1) is 0 Å². The van der Waals surface area contributed by atoms with Crippen LogP contribution in [-0.4, -0.2) is 22.6 Å². The summed E-state index contributed by atoms with van der Waals surface area (Å²) in [5, 5.41) is 6.97. The van der Waals surface area contributed by atoms with Crippen LogP contribution in [0.5, 0.6) is 0 Å². The average Bonchev–Trinajstić information content (AvgIpc) is 2.80. The summed E-state index contributed by atoms with van der Waals surface area (Å²) in [6.45, 7) is 9.83. The van der Waals surface area contributed by atoms with E-state index in [0.717, 1.165) is 48.7 Å². The van der Waals surface area contributed by atoms with Crippen LogP contribution in [0.3, 0.4) is 0 Å². The third kappa shape index (κ3) is 4.08. The summed E-state index contributed by atoms with van der Waals surface area (Å²) < 4.78 is 0. The normalized spacial score (nSPS) is 25.0. The largest absolute Gasteiger partial charge is 0.370 e. The lowest BCUT2D eigenvalue weighted by atomic mass is 9.93. The Morgan fingerprint density at radius 1 is 1.14 bits per heavy atom. The quantitative estimate of drug-likeness (QED) is 0.794. The molecule has 1 aromatic rings. The van der Waals surface area contributed by atoms with Gasteiger partial charge in [0.1, 0.15) is 17.5 Å². The Labute approximate surface area is 129 Å². The second-order valence-corrected chi connectivity index (χ2v) is 6.19. The van der Waals surface area contributed by atoms with Gasteiger partial charge in [-0.2, -0.15) is 0 Å². The van der Waals surface area contributed by atoms with Crippen molar-refractivity contribution < 1.29 is 0 Å². The SMILES string of the molecule is CCCc1nc(NCC)cc(NC2CCC(CC)C2C)n1. The van der Waals surface area contributed by atoms with Crippen molar-refractivity contribution in [1.29, 1.82) is 0 Å².